The molecule has 0 aliphatic heterocycles. The van der Waals surface area contributed by atoms with Gasteiger partial charge in [-0.15, -0.1) is 0 Å². The first-order valence-electron chi connectivity index (χ1n) is 6.22. The molecule has 21 heavy (non-hydrogen) atoms. The van der Waals surface area contributed by atoms with E-state index in [0.29, 0.717) is 17.7 Å². The predicted molar refractivity (Wildman–Crippen MR) is 80.1 cm³/mol. The molecule has 6 N–H and O–H groups in total. The molecule has 0 fully saturated rings. The van der Waals surface area contributed by atoms with E-state index in [4.69, 9.17) is 18.4 Å². The minimum Gasteiger partial charge on any atom is -0.508 e. The van der Waals surface area contributed by atoms with Crippen molar-refractivity contribution >= 4 is 11.4 Å². The second-order valence-corrected chi connectivity index (χ2v) is 5.89. The first-order valence-corrected chi connectivity index (χ1v) is 7.29. The summed E-state index contributed by atoms with van der Waals surface area (Å²) < 4.78 is 22.8. The third-order valence-electron chi connectivity index (χ3n) is 2.48. The molecule has 0 aromatic heterocycles. The molecule has 0 heterocycles. The zero-order chi connectivity index (χ0) is 16.6. The molecular formula is C13H23NO6S. The van der Waals surface area contributed by atoms with E-state index in [-0.39, 0.29) is 17.9 Å². The molecule has 0 aliphatic rings. The Hall–Kier alpha value is -1.03. The molecule has 7 nitrogen and oxygen atoms in total. The van der Waals surface area contributed by atoms with E-state index in [1.807, 2.05) is 20.8 Å². The summed E-state index contributed by atoms with van der Waals surface area (Å²) >= 11 is -2.61. The minimum absolute atomic E-state index is 0.0484. The molecule has 1 aromatic carbocycles. The lowest BCUT2D eigenvalue weighted by atomic mass is 10.0. The predicted octanol–water partition coefficient (Wildman–Crippen LogP) is 0.987. The van der Waals surface area contributed by atoms with Crippen LogP contribution in [0.4, 0.5) is 0 Å². The number of rotatable bonds is 4. The highest BCUT2D eigenvalue weighted by atomic mass is 32.2. The van der Waals surface area contributed by atoms with Gasteiger partial charge in [0.15, 0.2) is 0 Å². The molecule has 0 bridgehead atoms. The highest BCUT2D eigenvalue weighted by Gasteiger charge is 2.14. The quantitative estimate of drug-likeness (QED) is 0.456. The van der Waals surface area contributed by atoms with Crippen molar-refractivity contribution in [3.8, 4) is 5.75 Å². The average molecular weight is 321 g/mol. The molecule has 0 saturated heterocycles. The van der Waals surface area contributed by atoms with Gasteiger partial charge in [-0.3, -0.25) is 9.11 Å². The fourth-order valence-electron chi connectivity index (χ4n) is 1.46. The topological polar surface area (TPSA) is 130 Å². The van der Waals surface area contributed by atoms with Gasteiger partial charge >= 0.3 is 0 Å². The number of phenols is 1. The summed E-state index contributed by atoms with van der Waals surface area (Å²) in [4.78, 5) is 0. The molecule has 1 aromatic rings. The van der Waals surface area contributed by atoms with Crippen molar-refractivity contribution in [2.24, 2.45) is 0 Å². The van der Waals surface area contributed by atoms with Crippen LogP contribution in [0.1, 0.15) is 38.0 Å². The Labute approximate surface area is 126 Å². The van der Waals surface area contributed by atoms with Gasteiger partial charge < -0.3 is 20.6 Å². The number of aliphatic hydroxyl groups excluding tert-OH is 2. The summed E-state index contributed by atoms with van der Waals surface area (Å²) in [6, 6.07) is 4.76. The molecular weight excluding hydrogens is 298 g/mol. The molecule has 0 saturated carbocycles. The minimum atomic E-state index is -2.61. The summed E-state index contributed by atoms with van der Waals surface area (Å²) in [5, 5.41) is 31.6. The first-order chi connectivity index (χ1) is 9.56. The van der Waals surface area contributed by atoms with E-state index in [0.717, 1.165) is 0 Å². The molecule has 1 rings (SSSR count). The molecule has 0 unspecified atom stereocenters. The fraction of sp³-hybridized carbons (Fsp3) is 0.538. The maximum absolute atomic E-state index is 9.97. The Bertz CT molecular complexity index is 456. The van der Waals surface area contributed by atoms with Crippen molar-refractivity contribution in [1.29, 1.82) is 0 Å². The van der Waals surface area contributed by atoms with Crippen LogP contribution in [0.3, 0.4) is 0 Å². The van der Waals surface area contributed by atoms with Crippen LogP contribution in [0, 0.1) is 0 Å². The lowest BCUT2D eigenvalue weighted by Gasteiger charge is -2.23. The third-order valence-corrected chi connectivity index (χ3v) is 2.48. The lowest BCUT2D eigenvalue weighted by Crippen LogP contribution is -2.38. The molecule has 0 spiro atoms. The van der Waals surface area contributed by atoms with Gasteiger partial charge in [-0.25, -0.2) is 0 Å². The van der Waals surface area contributed by atoms with Gasteiger partial charge in [0.05, 0.1) is 12.7 Å². The molecule has 0 radical (unpaired) electrons. The van der Waals surface area contributed by atoms with Crippen molar-refractivity contribution < 1.29 is 28.6 Å². The van der Waals surface area contributed by atoms with E-state index >= 15 is 0 Å². The summed E-state index contributed by atoms with van der Waals surface area (Å²) in [5.41, 5.74) is 1.05. The van der Waals surface area contributed by atoms with E-state index in [1.54, 1.807) is 12.1 Å². The summed E-state index contributed by atoms with van der Waals surface area (Å²) in [6.07, 6.45) is -0.653. The summed E-state index contributed by atoms with van der Waals surface area (Å²) in [7, 11) is 0. The number of hydrogen-bond acceptors (Lipinski definition) is 5. The lowest BCUT2D eigenvalue weighted by molar-refractivity contribution is 0.163. The molecule has 0 aliphatic carbocycles. The number of aliphatic hydroxyl groups is 2. The zero-order valence-electron chi connectivity index (χ0n) is 12.3. The summed E-state index contributed by atoms with van der Waals surface area (Å²) in [6.45, 7) is 6.26. The van der Waals surface area contributed by atoms with Gasteiger partial charge in [-0.1, -0.05) is 6.07 Å². The van der Waals surface area contributed by atoms with Crippen molar-refractivity contribution in [3.05, 3.63) is 29.3 Å². The standard InChI is InChI=1S/C13H21NO3.H2O3S/c1-13(2,3)14-7-12(17)9-4-5-11(16)10(6-9)8-15;1-4(2)3/h4-6,12,14-17H,7-8H2,1-3H3;(H2,1,2,3)/t12-;/m0./s1. The summed E-state index contributed by atoms with van der Waals surface area (Å²) in [5.74, 6) is 0.0484. The van der Waals surface area contributed by atoms with E-state index in [1.165, 1.54) is 6.07 Å². The van der Waals surface area contributed by atoms with Crippen molar-refractivity contribution in [1.82, 2.24) is 5.32 Å². The van der Waals surface area contributed by atoms with Crippen LogP contribution < -0.4 is 5.32 Å². The van der Waals surface area contributed by atoms with E-state index in [2.05, 4.69) is 5.32 Å². The highest BCUT2D eigenvalue weighted by molar-refractivity contribution is 7.73. The zero-order valence-corrected chi connectivity index (χ0v) is 13.1. The van der Waals surface area contributed by atoms with Crippen LogP contribution in [-0.4, -0.2) is 40.7 Å². The first kappa shape index (κ1) is 20.0. The number of hydrogen-bond donors (Lipinski definition) is 6. The van der Waals surface area contributed by atoms with Crippen LogP contribution in [-0.2, 0) is 18.0 Å². The molecule has 8 heteroatoms. The van der Waals surface area contributed by atoms with Crippen LogP contribution in [0.25, 0.3) is 0 Å². The van der Waals surface area contributed by atoms with Gasteiger partial charge in [0.1, 0.15) is 5.75 Å². The average Bonchev–Trinajstić information content (AvgIpc) is 2.35. The van der Waals surface area contributed by atoms with Crippen molar-refractivity contribution in [2.45, 2.75) is 39.0 Å². The van der Waals surface area contributed by atoms with Crippen LogP contribution in [0.2, 0.25) is 0 Å². The van der Waals surface area contributed by atoms with Crippen molar-refractivity contribution in [3.63, 3.8) is 0 Å². The SMILES string of the molecule is CC(C)(C)NC[C@H](O)c1ccc(O)c(CO)c1.O=S(O)O. The second-order valence-electron chi connectivity index (χ2n) is 5.42. The Kier molecular flexibility index (Phi) is 8.64. The van der Waals surface area contributed by atoms with Gasteiger partial charge in [0, 0.05) is 17.6 Å². The largest absolute Gasteiger partial charge is 0.508 e. The fourth-order valence-corrected chi connectivity index (χ4v) is 1.46. The van der Waals surface area contributed by atoms with E-state index in [9.17, 15) is 10.2 Å². The molecule has 1 atom stereocenters. The second kappa shape index (κ2) is 9.08. The Morgan fingerprint density at radius 3 is 2.24 bits per heavy atom. The smallest absolute Gasteiger partial charge is 0.299 e. The van der Waals surface area contributed by atoms with E-state index < -0.39 is 17.5 Å². The molecule has 122 valence electrons. The number of aromatic hydroxyl groups is 1. The number of benzene rings is 1. The number of β-amino-alcohol motifs (C(OH)–C–C–N with tert-alkyl or cyclic N) is 1. The maximum Gasteiger partial charge on any atom is 0.299 e. The molecule has 0 amide bonds. The van der Waals surface area contributed by atoms with Crippen molar-refractivity contribution in [2.75, 3.05) is 6.54 Å². The van der Waals surface area contributed by atoms with Gasteiger partial charge in [0.2, 0.25) is 0 Å². The monoisotopic (exact) mass is 321 g/mol. The van der Waals surface area contributed by atoms with Gasteiger partial charge in [-0.2, -0.15) is 4.21 Å². The Morgan fingerprint density at radius 2 is 1.81 bits per heavy atom. The van der Waals surface area contributed by atoms with Gasteiger partial charge in [-0.05, 0) is 38.5 Å². The van der Waals surface area contributed by atoms with Crippen LogP contribution in [0.5, 0.6) is 5.75 Å². The normalized spacial score (nSPS) is 12.8. The highest BCUT2D eigenvalue weighted by Crippen LogP contribution is 2.22. The third kappa shape index (κ3) is 9.51. The Balaban J connectivity index is 0.000000885. The van der Waals surface area contributed by atoms with Crippen LogP contribution >= 0.6 is 0 Å². The van der Waals surface area contributed by atoms with Gasteiger partial charge in [0.25, 0.3) is 11.4 Å². The van der Waals surface area contributed by atoms with Crippen LogP contribution in [0.15, 0.2) is 18.2 Å². The maximum atomic E-state index is 9.97. The Morgan fingerprint density at radius 1 is 1.29 bits per heavy atom. The number of nitrogens with one attached hydrogen (secondary N) is 1.